The van der Waals surface area contributed by atoms with Crippen LogP contribution in [0.2, 0.25) is 5.02 Å². The Morgan fingerprint density at radius 1 is 0.903 bits per heavy atom. The van der Waals surface area contributed by atoms with Gasteiger partial charge in [-0.1, -0.05) is 55.8 Å². The summed E-state index contributed by atoms with van der Waals surface area (Å²) >= 11 is 6.00. The monoisotopic (exact) mass is 434 g/mol. The van der Waals surface area contributed by atoms with E-state index in [1.165, 1.54) is 18.2 Å². The third kappa shape index (κ3) is 4.09. The van der Waals surface area contributed by atoms with Crippen LogP contribution in [0.3, 0.4) is 0 Å². The van der Waals surface area contributed by atoms with Crippen LogP contribution >= 0.6 is 11.6 Å². The van der Waals surface area contributed by atoms with Gasteiger partial charge in [0.2, 0.25) is 0 Å². The summed E-state index contributed by atoms with van der Waals surface area (Å²) in [5, 5.41) is 3.62. The summed E-state index contributed by atoms with van der Waals surface area (Å²) < 4.78 is 13.8. The fourth-order valence-electron chi connectivity index (χ4n) is 3.48. The topological polar surface area (TPSA) is 49.4 Å². The summed E-state index contributed by atoms with van der Waals surface area (Å²) in [5.74, 6) is -1.24. The molecule has 1 heterocycles. The van der Waals surface area contributed by atoms with Crippen LogP contribution in [0.1, 0.15) is 30.9 Å². The molecule has 4 nitrogen and oxygen atoms in total. The molecule has 31 heavy (non-hydrogen) atoms. The van der Waals surface area contributed by atoms with Gasteiger partial charge in [0.1, 0.15) is 11.5 Å². The Hall–Kier alpha value is -3.44. The molecule has 0 saturated heterocycles. The molecule has 0 atom stereocenters. The van der Waals surface area contributed by atoms with E-state index in [0.717, 1.165) is 16.5 Å². The van der Waals surface area contributed by atoms with Gasteiger partial charge in [-0.15, -0.1) is 0 Å². The first-order valence-electron chi connectivity index (χ1n) is 9.86. The lowest BCUT2D eigenvalue weighted by molar-refractivity contribution is -0.120. The van der Waals surface area contributed by atoms with Crippen LogP contribution < -0.4 is 10.2 Å². The van der Waals surface area contributed by atoms with E-state index in [9.17, 15) is 14.0 Å². The number of hydrogen-bond acceptors (Lipinski definition) is 3. The largest absolute Gasteiger partial charge is 0.350 e. The SMILES string of the molecule is CC(C)c1ccc(NC2=C(c3ccc(Cl)cc3)C(=O)N(c3cccc(F)c3)C2=O)cc1. The van der Waals surface area contributed by atoms with Crippen molar-refractivity contribution in [2.75, 3.05) is 10.2 Å². The molecule has 0 aromatic heterocycles. The minimum Gasteiger partial charge on any atom is -0.350 e. The van der Waals surface area contributed by atoms with Gasteiger partial charge in [-0.05, 0) is 59.5 Å². The van der Waals surface area contributed by atoms with Crippen LogP contribution in [0.15, 0.2) is 78.5 Å². The van der Waals surface area contributed by atoms with Gasteiger partial charge in [-0.3, -0.25) is 9.59 Å². The van der Waals surface area contributed by atoms with Crippen LogP contribution in [-0.4, -0.2) is 11.8 Å². The Balaban J connectivity index is 1.78. The molecule has 0 saturated carbocycles. The number of anilines is 2. The summed E-state index contributed by atoms with van der Waals surface area (Å²) in [7, 11) is 0. The molecule has 6 heteroatoms. The number of imide groups is 1. The van der Waals surface area contributed by atoms with Crippen molar-refractivity contribution in [2.45, 2.75) is 19.8 Å². The summed E-state index contributed by atoms with van der Waals surface area (Å²) in [6.07, 6.45) is 0. The second kappa shape index (κ2) is 8.36. The number of nitrogens with zero attached hydrogens (tertiary/aromatic N) is 1. The van der Waals surface area contributed by atoms with Gasteiger partial charge in [0.05, 0.1) is 11.3 Å². The van der Waals surface area contributed by atoms with Gasteiger partial charge in [0.15, 0.2) is 0 Å². The Morgan fingerprint density at radius 2 is 1.58 bits per heavy atom. The predicted octanol–water partition coefficient (Wildman–Crippen LogP) is 6.00. The zero-order valence-electron chi connectivity index (χ0n) is 17.0. The Kier molecular flexibility index (Phi) is 5.61. The second-order valence-corrected chi connectivity index (χ2v) is 8.02. The highest BCUT2D eigenvalue weighted by Crippen LogP contribution is 2.34. The highest BCUT2D eigenvalue weighted by atomic mass is 35.5. The van der Waals surface area contributed by atoms with Gasteiger partial charge >= 0.3 is 0 Å². The average Bonchev–Trinajstić information content (AvgIpc) is 2.98. The van der Waals surface area contributed by atoms with Crippen molar-refractivity contribution in [1.82, 2.24) is 0 Å². The number of hydrogen-bond donors (Lipinski definition) is 1. The highest BCUT2D eigenvalue weighted by molar-refractivity contribution is 6.46. The zero-order chi connectivity index (χ0) is 22.1. The Morgan fingerprint density at radius 3 is 2.19 bits per heavy atom. The fourth-order valence-corrected chi connectivity index (χ4v) is 3.60. The van der Waals surface area contributed by atoms with Crippen molar-refractivity contribution in [1.29, 1.82) is 0 Å². The molecule has 2 amide bonds. The van der Waals surface area contributed by atoms with Gasteiger partial charge in [-0.2, -0.15) is 0 Å². The number of benzene rings is 3. The molecule has 3 aromatic rings. The second-order valence-electron chi connectivity index (χ2n) is 7.58. The molecule has 0 unspecified atom stereocenters. The molecule has 156 valence electrons. The molecule has 0 fully saturated rings. The molecule has 0 aliphatic carbocycles. The van der Waals surface area contributed by atoms with E-state index in [-0.39, 0.29) is 17.0 Å². The molecule has 3 aromatic carbocycles. The first kappa shape index (κ1) is 20.8. The van der Waals surface area contributed by atoms with E-state index in [0.29, 0.717) is 22.2 Å². The van der Waals surface area contributed by atoms with Crippen molar-refractivity contribution >= 4 is 40.4 Å². The maximum atomic E-state index is 13.8. The number of halogens is 2. The number of rotatable bonds is 5. The van der Waals surface area contributed by atoms with E-state index in [1.54, 1.807) is 24.3 Å². The van der Waals surface area contributed by atoms with Gasteiger partial charge < -0.3 is 5.32 Å². The lowest BCUT2D eigenvalue weighted by Crippen LogP contribution is -2.32. The average molecular weight is 435 g/mol. The van der Waals surface area contributed by atoms with Crippen molar-refractivity contribution in [2.24, 2.45) is 0 Å². The zero-order valence-corrected chi connectivity index (χ0v) is 17.8. The third-order valence-electron chi connectivity index (χ3n) is 5.13. The molecule has 0 radical (unpaired) electrons. The van der Waals surface area contributed by atoms with Crippen molar-refractivity contribution in [3.8, 4) is 0 Å². The Bertz CT molecular complexity index is 1180. The quantitative estimate of drug-likeness (QED) is 0.501. The number of nitrogens with one attached hydrogen (secondary N) is 1. The van der Waals surface area contributed by atoms with Crippen LogP contribution in [0.25, 0.3) is 5.57 Å². The summed E-state index contributed by atoms with van der Waals surface area (Å²) in [6, 6.07) is 19.8. The van der Waals surface area contributed by atoms with Crippen molar-refractivity contribution < 1.29 is 14.0 Å². The van der Waals surface area contributed by atoms with Crippen molar-refractivity contribution in [3.05, 3.63) is 100 Å². The van der Waals surface area contributed by atoms with Crippen LogP contribution in [0, 0.1) is 5.82 Å². The standard InChI is InChI=1S/C25H20ClFN2O2/c1-15(2)16-8-12-20(13-9-16)28-23-22(17-6-10-18(26)11-7-17)24(30)29(25(23)31)21-5-3-4-19(27)14-21/h3-15,28H,1-2H3. The molecular formula is C25H20ClFN2O2. The molecule has 0 bridgehead atoms. The molecule has 4 rings (SSSR count). The number of carbonyl (C=O) groups is 2. The first-order valence-corrected chi connectivity index (χ1v) is 10.2. The molecule has 1 aliphatic rings. The number of amides is 2. The smallest absolute Gasteiger partial charge is 0.282 e. The molecular weight excluding hydrogens is 415 g/mol. The van der Waals surface area contributed by atoms with Crippen LogP contribution in [0.4, 0.5) is 15.8 Å². The molecule has 0 spiro atoms. The van der Waals surface area contributed by atoms with E-state index >= 15 is 0 Å². The molecule has 1 aliphatic heterocycles. The van der Waals surface area contributed by atoms with E-state index in [1.807, 2.05) is 24.3 Å². The third-order valence-corrected chi connectivity index (χ3v) is 5.38. The van der Waals surface area contributed by atoms with Gasteiger partial charge in [-0.25, -0.2) is 9.29 Å². The lowest BCUT2D eigenvalue weighted by Gasteiger charge is -2.15. The molecule has 1 N–H and O–H groups in total. The predicted molar refractivity (Wildman–Crippen MR) is 121 cm³/mol. The van der Waals surface area contributed by atoms with Gasteiger partial charge in [0, 0.05) is 10.7 Å². The van der Waals surface area contributed by atoms with Gasteiger partial charge in [0.25, 0.3) is 11.8 Å². The van der Waals surface area contributed by atoms with E-state index in [2.05, 4.69) is 19.2 Å². The summed E-state index contributed by atoms with van der Waals surface area (Å²) in [5.41, 5.74) is 2.89. The summed E-state index contributed by atoms with van der Waals surface area (Å²) in [4.78, 5) is 27.6. The fraction of sp³-hybridized carbons (Fsp3) is 0.120. The van der Waals surface area contributed by atoms with Crippen molar-refractivity contribution in [3.63, 3.8) is 0 Å². The minimum atomic E-state index is -0.548. The van der Waals surface area contributed by atoms with E-state index in [4.69, 9.17) is 11.6 Å². The Labute approximate surface area is 185 Å². The normalized spacial score (nSPS) is 14.0. The number of carbonyl (C=O) groups excluding carboxylic acids is 2. The highest BCUT2D eigenvalue weighted by Gasteiger charge is 2.40. The van der Waals surface area contributed by atoms with Crippen LogP contribution in [-0.2, 0) is 9.59 Å². The first-order chi connectivity index (χ1) is 14.8. The lowest BCUT2D eigenvalue weighted by atomic mass is 10.0. The minimum absolute atomic E-state index is 0.133. The van der Waals surface area contributed by atoms with E-state index < -0.39 is 17.6 Å². The maximum absolute atomic E-state index is 13.8. The maximum Gasteiger partial charge on any atom is 0.282 e. The van der Waals surface area contributed by atoms with Crippen LogP contribution in [0.5, 0.6) is 0 Å². The summed E-state index contributed by atoms with van der Waals surface area (Å²) in [6.45, 7) is 4.19.